The van der Waals surface area contributed by atoms with E-state index in [1.54, 1.807) is 7.05 Å². The number of fused-ring (bicyclic) bond motifs is 1. The number of aliphatic imine (C=N–C) groups is 1. The number of hydrogen-bond acceptors (Lipinski definition) is 3. The van der Waals surface area contributed by atoms with Crippen LogP contribution in [0.3, 0.4) is 0 Å². The van der Waals surface area contributed by atoms with Crippen LogP contribution in [-0.2, 0) is 20.1 Å². The summed E-state index contributed by atoms with van der Waals surface area (Å²) in [6, 6.07) is 14.5. The second-order valence-electron chi connectivity index (χ2n) is 7.72. The molecule has 1 aliphatic rings. The number of nitrogens with one attached hydrogen (secondary N) is 2. The molecule has 0 spiro atoms. The summed E-state index contributed by atoms with van der Waals surface area (Å²) in [5, 5.41) is 6.76. The third-order valence-corrected chi connectivity index (χ3v) is 5.36. The summed E-state index contributed by atoms with van der Waals surface area (Å²) in [7, 11) is 3.82. The van der Waals surface area contributed by atoms with Crippen LogP contribution in [0.4, 0.5) is 0 Å². The standard InChI is InChI=1S/C23H29N5O.HI/c1-16-8-11-18(21(12-16)29-15-17-9-10-17)13-25-23(24-2)26-14-22-27-19-6-4-5-7-20(19)28(22)3;/h4-8,11-12,17H,9-10,13-15H2,1-3H3,(H2,24,25,26);1H. The topological polar surface area (TPSA) is 63.5 Å². The van der Waals surface area contributed by atoms with Crippen LogP contribution in [0.25, 0.3) is 11.0 Å². The van der Waals surface area contributed by atoms with E-state index in [9.17, 15) is 0 Å². The molecule has 0 unspecified atom stereocenters. The molecule has 2 N–H and O–H groups in total. The van der Waals surface area contributed by atoms with Gasteiger partial charge in [-0.3, -0.25) is 4.99 Å². The first-order valence-electron chi connectivity index (χ1n) is 10.2. The number of aryl methyl sites for hydroxylation is 2. The van der Waals surface area contributed by atoms with E-state index in [1.165, 1.54) is 18.4 Å². The Labute approximate surface area is 195 Å². The first-order chi connectivity index (χ1) is 14.1. The normalized spacial score (nSPS) is 13.8. The predicted octanol–water partition coefficient (Wildman–Crippen LogP) is 4.15. The predicted molar refractivity (Wildman–Crippen MR) is 133 cm³/mol. The zero-order chi connectivity index (χ0) is 20.2. The lowest BCUT2D eigenvalue weighted by atomic mass is 10.1. The summed E-state index contributed by atoms with van der Waals surface area (Å²) in [4.78, 5) is 9.05. The molecule has 1 heterocycles. The molecule has 6 nitrogen and oxygen atoms in total. The van der Waals surface area contributed by atoms with Gasteiger partial charge in [-0.05, 0) is 49.4 Å². The average molecular weight is 519 g/mol. The highest BCUT2D eigenvalue weighted by molar-refractivity contribution is 14.0. The number of ether oxygens (including phenoxy) is 1. The van der Waals surface area contributed by atoms with E-state index in [0.29, 0.717) is 13.1 Å². The zero-order valence-electron chi connectivity index (χ0n) is 17.8. The van der Waals surface area contributed by atoms with Gasteiger partial charge < -0.3 is 19.9 Å². The summed E-state index contributed by atoms with van der Waals surface area (Å²) in [6.45, 7) is 4.17. The van der Waals surface area contributed by atoms with Crippen LogP contribution in [-0.4, -0.2) is 29.2 Å². The fourth-order valence-corrected chi connectivity index (χ4v) is 3.35. The Hall–Kier alpha value is -2.29. The highest BCUT2D eigenvalue weighted by Crippen LogP contribution is 2.30. The monoisotopic (exact) mass is 519 g/mol. The van der Waals surface area contributed by atoms with Crippen molar-refractivity contribution in [3.63, 3.8) is 0 Å². The van der Waals surface area contributed by atoms with Crippen molar-refractivity contribution in [3.8, 4) is 5.75 Å². The number of nitrogens with zero attached hydrogens (tertiary/aromatic N) is 3. The Morgan fingerprint density at radius 2 is 1.93 bits per heavy atom. The van der Waals surface area contributed by atoms with Crippen LogP contribution >= 0.6 is 24.0 Å². The summed E-state index contributed by atoms with van der Waals surface area (Å²) < 4.78 is 8.18. The van der Waals surface area contributed by atoms with Crippen molar-refractivity contribution in [1.82, 2.24) is 20.2 Å². The molecular weight excluding hydrogens is 489 g/mol. The first kappa shape index (κ1) is 22.4. The van der Waals surface area contributed by atoms with Gasteiger partial charge in [0.1, 0.15) is 11.6 Å². The summed E-state index contributed by atoms with van der Waals surface area (Å²) in [5.41, 5.74) is 4.49. The van der Waals surface area contributed by atoms with Crippen molar-refractivity contribution in [2.24, 2.45) is 18.0 Å². The summed E-state index contributed by atoms with van der Waals surface area (Å²) in [5.74, 6) is 3.41. The first-order valence-corrected chi connectivity index (χ1v) is 10.2. The van der Waals surface area contributed by atoms with Crippen molar-refractivity contribution >= 4 is 41.0 Å². The Bertz CT molecular complexity index is 1030. The molecule has 4 rings (SSSR count). The van der Waals surface area contributed by atoms with Crippen LogP contribution in [0.2, 0.25) is 0 Å². The molecule has 0 aliphatic heterocycles. The molecule has 0 saturated heterocycles. The summed E-state index contributed by atoms with van der Waals surface area (Å²) in [6.07, 6.45) is 2.58. The third-order valence-electron chi connectivity index (χ3n) is 5.36. The fourth-order valence-electron chi connectivity index (χ4n) is 3.35. The van der Waals surface area contributed by atoms with E-state index in [4.69, 9.17) is 9.72 Å². The van der Waals surface area contributed by atoms with Crippen molar-refractivity contribution in [2.75, 3.05) is 13.7 Å². The van der Waals surface area contributed by atoms with Gasteiger partial charge in [0.05, 0.1) is 24.2 Å². The second-order valence-corrected chi connectivity index (χ2v) is 7.72. The minimum Gasteiger partial charge on any atom is -0.493 e. The minimum atomic E-state index is 0. The number of halogens is 1. The van der Waals surface area contributed by atoms with Crippen LogP contribution in [0.15, 0.2) is 47.5 Å². The van der Waals surface area contributed by atoms with Crippen molar-refractivity contribution in [2.45, 2.75) is 32.9 Å². The third kappa shape index (κ3) is 5.44. The molecule has 3 aromatic rings. The maximum atomic E-state index is 6.07. The number of hydrogen-bond donors (Lipinski definition) is 2. The number of benzene rings is 2. The Morgan fingerprint density at radius 1 is 1.17 bits per heavy atom. The Morgan fingerprint density at radius 3 is 2.67 bits per heavy atom. The van der Waals surface area contributed by atoms with Crippen molar-refractivity contribution in [1.29, 1.82) is 0 Å². The number of rotatable bonds is 7. The molecule has 1 aromatic heterocycles. The molecule has 30 heavy (non-hydrogen) atoms. The molecule has 7 heteroatoms. The molecule has 0 bridgehead atoms. The van der Waals surface area contributed by atoms with Crippen LogP contribution in [0.1, 0.15) is 29.8 Å². The van der Waals surface area contributed by atoms with Gasteiger partial charge in [-0.1, -0.05) is 24.3 Å². The van der Waals surface area contributed by atoms with Crippen molar-refractivity contribution < 1.29 is 4.74 Å². The van der Waals surface area contributed by atoms with Gasteiger partial charge in [0.15, 0.2) is 5.96 Å². The molecule has 160 valence electrons. The quantitative estimate of drug-likeness (QED) is 0.280. The fraction of sp³-hybridized carbons (Fsp3) is 0.391. The Kier molecular flexibility index (Phi) is 7.58. The van der Waals surface area contributed by atoms with Crippen molar-refractivity contribution in [3.05, 3.63) is 59.4 Å². The lowest BCUT2D eigenvalue weighted by Gasteiger charge is -2.15. The van der Waals surface area contributed by atoms with Crippen LogP contribution in [0.5, 0.6) is 5.75 Å². The van der Waals surface area contributed by atoms with Gasteiger partial charge in [-0.15, -0.1) is 24.0 Å². The molecule has 1 saturated carbocycles. The summed E-state index contributed by atoms with van der Waals surface area (Å²) >= 11 is 0. The molecule has 0 radical (unpaired) electrons. The van der Waals surface area contributed by atoms with Gasteiger partial charge in [0, 0.05) is 26.2 Å². The maximum Gasteiger partial charge on any atom is 0.191 e. The minimum absolute atomic E-state index is 0. The second kappa shape index (κ2) is 10.1. The molecule has 1 aliphatic carbocycles. The molecule has 1 fully saturated rings. The van der Waals surface area contributed by atoms with Crippen LogP contribution < -0.4 is 15.4 Å². The van der Waals surface area contributed by atoms with E-state index >= 15 is 0 Å². The Balaban J connectivity index is 0.00000256. The largest absolute Gasteiger partial charge is 0.493 e. The van der Waals surface area contributed by atoms with Crippen LogP contribution in [0, 0.1) is 12.8 Å². The van der Waals surface area contributed by atoms with E-state index in [-0.39, 0.29) is 24.0 Å². The molecule has 0 atom stereocenters. The van der Waals surface area contributed by atoms with E-state index in [0.717, 1.165) is 46.7 Å². The number of para-hydroxylation sites is 2. The van der Waals surface area contributed by atoms with E-state index < -0.39 is 0 Å². The zero-order valence-corrected chi connectivity index (χ0v) is 20.1. The van der Waals surface area contributed by atoms with Gasteiger partial charge >= 0.3 is 0 Å². The number of aromatic nitrogens is 2. The average Bonchev–Trinajstić information content (AvgIpc) is 3.51. The SMILES string of the molecule is CN=C(NCc1ccc(C)cc1OCC1CC1)NCc1nc2ccccc2n1C.I. The smallest absolute Gasteiger partial charge is 0.191 e. The highest BCUT2D eigenvalue weighted by atomic mass is 127. The molecule has 0 amide bonds. The van der Waals surface area contributed by atoms with Gasteiger partial charge in [0.25, 0.3) is 0 Å². The molecular formula is C23H30IN5O. The highest BCUT2D eigenvalue weighted by Gasteiger charge is 2.22. The molecule has 2 aromatic carbocycles. The number of imidazole rings is 1. The van der Waals surface area contributed by atoms with Gasteiger partial charge in [-0.2, -0.15) is 0 Å². The number of guanidine groups is 1. The maximum absolute atomic E-state index is 6.07. The van der Waals surface area contributed by atoms with E-state index in [2.05, 4.69) is 51.4 Å². The van der Waals surface area contributed by atoms with Gasteiger partial charge in [-0.25, -0.2) is 4.98 Å². The lowest BCUT2D eigenvalue weighted by Crippen LogP contribution is -2.37. The van der Waals surface area contributed by atoms with Gasteiger partial charge in [0.2, 0.25) is 0 Å². The lowest BCUT2D eigenvalue weighted by molar-refractivity contribution is 0.296. The van der Waals surface area contributed by atoms with E-state index in [1.807, 2.05) is 25.2 Å².